The van der Waals surface area contributed by atoms with Gasteiger partial charge in [-0.05, 0) is 50.2 Å². The number of aliphatic hydroxyl groups excluding tert-OH is 1. The molecule has 0 radical (unpaired) electrons. The summed E-state index contributed by atoms with van der Waals surface area (Å²) in [6.07, 6.45) is 4.38. The Balaban J connectivity index is 1.36. The van der Waals surface area contributed by atoms with Crippen LogP contribution < -0.4 is 14.8 Å². The van der Waals surface area contributed by atoms with Crippen LogP contribution in [-0.2, 0) is 4.79 Å². The SMILES string of the molecule is COc1ccc2c(c1)O[C@@]1(C[C@H]3CC[C@@H]1C[C@@H]3C(=O)N1CCC(O)CC1)NC2=O. The second kappa shape index (κ2) is 6.90. The van der Waals surface area contributed by atoms with Crippen LogP contribution in [0.1, 0.15) is 48.9 Å². The minimum absolute atomic E-state index is 0.0122. The molecule has 2 aliphatic heterocycles. The average Bonchev–Trinajstić information content (AvgIpc) is 2.73. The Morgan fingerprint density at radius 1 is 1.28 bits per heavy atom. The van der Waals surface area contributed by atoms with Gasteiger partial charge in [-0.15, -0.1) is 0 Å². The number of piperidine rings is 1. The lowest BCUT2D eigenvalue weighted by atomic mass is 9.59. The molecule has 2 N–H and O–H groups in total. The van der Waals surface area contributed by atoms with Gasteiger partial charge in [0.2, 0.25) is 5.91 Å². The van der Waals surface area contributed by atoms with Gasteiger partial charge < -0.3 is 24.8 Å². The highest BCUT2D eigenvalue weighted by Gasteiger charge is 2.57. The molecule has 7 heteroatoms. The zero-order chi connectivity index (χ0) is 20.2. The molecule has 7 nitrogen and oxygen atoms in total. The fourth-order valence-electron chi connectivity index (χ4n) is 5.74. The van der Waals surface area contributed by atoms with Crippen LogP contribution in [0.3, 0.4) is 0 Å². The quantitative estimate of drug-likeness (QED) is 0.792. The maximum Gasteiger partial charge on any atom is 0.258 e. The van der Waals surface area contributed by atoms with Crippen molar-refractivity contribution in [3.8, 4) is 11.5 Å². The van der Waals surface area contributed by atoms with Gasteiger partial charge in [0.15, 0.2) is 5.72 Å². The molecule has 3 aliphatic carbocycles. The highest BCUT2D eigenvalue weighted by atomic mass is 16.5. The number of aliphatic hydroxyl groups is 1. The Bertz CT molecular complexity index is 834. The van der Waals surface area contributed by atoms with E-state index in [0.29, 0.717) is 49.4 Å². The fraction of sp³-hybridized carbons (Fsp3) is 0.636. The van der Waals surface area contributed by atoms with Crippen LogP contribution in [0.5, 0.6) is 11.5 Å². The molecule has 156 valence electrons. The lowest BCUT2D eigenvalue weighted by Gasteiger charge is -2.55. The number of hydrogen-bond donors (Lipinski definition) is 2. The predicted octanol–water partition coefficient (Wildman–Crippen LogP) is 1.93. The third-order valence-electron chi connectivity index (χ3n) is 7.36. The fourth-order valence-corrected chi connectivity index (χ4v) is 5.74. The Labute approximate surface area is 170 Å². The van der Waals surface area contributed by atoms with Gasteiger partial charge in [0, 0.05) is 37.4 Å². The summed E-state index contributed by atoms with van der Waals surface area (Å²) in [4.78, 5) is 27.9. The van der Waals surface area contributed by atoms with Crippen LogP contribution in [0.15, 0.2) is 18.2 Å². The standard InChI is InChI=1S/C22H28N2O5/c1-28-16-4-5-17-19(11-16)29-22(23-20(17)26)12-13-2-3-14(22)10-18(13)21(27)24-8-6-15(25)7-9-24/h4-5,11,13-15,18,25H,2-3,6-10,12H2,1H3,(H,23,26)/t13-,14-,18+,22-/m1/s1. The Kier molecular flexibility index (Phi) is 4.46. The van der Waals surface area contributed by atoms with Crippen molar-refractivity contribution in [2.24, 2.45) is 17.8 Å². The normalized spacial score (nSPS) is 33.8. The minimum Gasteiger partial charge on any atom is -0.497 e. The molecule has 2 amide bonds. The summed E-state index contributed by atoms with van der Waals surface area (Å²) in [5.74, 6) is 1.62. The first kappa shape index (κ1) is 18.7. The minimum atomic E-state index is -0.728. The molecular formula is C22H28N2O5. The van der Waals surface area contributed by atoms with E-state index in [2.05, 4.69) is 5.32 Å². The highest BCUT2D eigenvalue weighted by molar-refractivity contribution is 5.98. The first-order chi connectivity index (χ1) is 14.0. The summed E-state index contributed by atoms with van der Waals surface area (Å²) in [6.45, 7) is 1.28. The Morgan fingerprint density at radius 2 is 2.07 bits per heavy atom. The van der Waals surface area contributed by atoms with E-state index in [1.807, 2.05) is 4.90 Å². The lowest BCUT2D eigenvalue weighted by molar-refractivity contribution is -0.157. The van der Waals surface area contributed by atoms with Crippen molar-refractivity contribution in [3.05, 3.63) is 23.8 Å². The summed E-state index contributed by atoms with van der Waals surface area (Å²) in [5, 5.41) is 12.9. The van der Waals surface area contributed by atoms with E-state index in [9.17, 15) is 14.7 Å². The van der Waals surface area contributed by atoms with Crippen molar-refractivity contribution in [1.29, 1.82) is 0 Å². The van der Waals surface area contributed by atoms with Crippen LogP contribution in [0.2, 0.25) is 0 Å². The van der Waals surface area contributed by atoms with Crippen molar-refractivity contribution < 1.29 is 24.2 Å². The second-order valence-electron chi connectivity index (χ2n) is 8.94. The molecule has 0 unspecified atom stereocenters. The van der Waals surface area contributed by atoms with E-state index in [-0.39, 0.29) is 35.7 Å². The van der Waals surface area contributed by atoms with Crippen molar-refractivity contribution in [3.63, 3.8) is 0 Å². The Morgan fingerprint density at radius 3 is 2.76 bits per heavy atom. The molecular weight excluding hydrogens is 372 g/mol. The molecule has 6 rings (SSSR count). The molecule has 5 aliphatic rings. The van der Waals surface area contributed by atoms with E-state index in [4.69, 9.17) is 9.47 Å². The molecule has 1 spiro atoms. The molecule has 0 aromatic heterocycles. The van der Waals surface area contributed by atoms with E-state index < -0.39 is 5.72 Å². The number of nitrogens with one attached hydrogen (secondary N) is 1. The van der Waals surface area contributed by atoms with Gasteiger partial charge in [0.05, 0.1) is 18.8 Å². The van der Waals surface area contributed by atoms with Gasteiger partial charge in [-0.2, -0.15) is 0 Å². The van der Waals surface area contributed by atoms with Gasteiger partial charge in [0.25, 0.3) is 5.91 Å². The molecule has 1 aromatic carbocycles. The van der Waals surface area contributed by atoms with Crippen molar-refractivity contribution >= 4 is 11.8 Å². The molecule has 1 saturated heterocycles. The lowest BCUT2D eigenvalue weighted by Crippen LogP contribution is -2.67. The zero-order valence-corrected chi connectivity index (χ0v) is 16.7. The van der Waals surface area contributed by atoms with E-state index in [1.165, 1.54) is 0 Å². The number of methoxy groups -OCH3 is 1. The van der Waals surface area contributed by atoms with Crippen LogP contribution in [0, 0.1) is 17.8 Å². The number of likely N-dealkylation sites (tertiary alicyclic amines) is 1. The largest absolute Gasteiger partial charge is 0.497 e. The molecule has 29 heavy (non-hydrogen) atoms. The van der Waals surface area contributed by atoms with Crippen molar-refractivity contribution in [1.82, 2.24) is 10.2 Å². The van der Waals surface area contributed by atoms with Crippen LogP contribution in [-0.4, -0.2) is 53.8 Å². The maximum atomic E-state index is 13.2. The molecule has 4 fully saturated rings. The van der Waals surface area contributed by atoms with E-state index in [0.717, 1.165) is 19.3 Å². The first-order valence-corrected chi connectivity index (χ1v) is 10.7. The van der Waals surface area contributed by atoms with Crippen LogP contribution in [0.25, 0.3) is 0 Å². The van der Waals surface area contributed by atoms with Gasteiger partial charge in [-0.25, -0.2) is 0 Å². The Hall–Kier alpha value is -2.28. The average molecular weight is 400 g/mol. The number of amides is 2. The van der Waals surface area contributed by atoms with E-state index >= 15 is 0 Å². The topological polar surface area (TPSA) is 88.1 Å². The number of fused-ring (bicyclic) bond motifs is 3. The summed E-state index contributed by atoms with van der Waals surface area (Å²) in [6, 6.07) is 5.27. The summed E-state index contributed by atoms with van der Waals surface area (Å²) in [7, 11) is 1.60. The molecule has 2 heterocycles. The summed E-state index contributed by atoms with van der Waals surface area (Å²) < 4.78 is 11.7. The van der Waals surface area contributed by atoms with Crippen molar-refractivity contribution in [2.75, 3.05) is 20.2 Å². The number of carbonyl (C=O) groups is 2. The monoisotopic (exact) mass is 400 g/mol. The van der Waals surface area contributed by atoms with Crippen LogP contribution in [0.4, 0.5) is 0 Å². The third-order valence-corrected chi connectivity index (χ3v) is 7.36. The predicted molar refractivity (Wildman–Crippen MR) is 105 cm³/mol. The molecule has 3 saturated carbocycles. The summed E-state index contributed by atoms with van der Waals surface area (Å²) in [5.41, 5.74) is -0.203. The number of benzene rings is 1. The first-order valence-electron chi connectivity index (χ1n) is 10.7. The van der Waals surface area contributed by atoms with Gasteiger partial charge >= 0.3 is 0 Å². The molecule has 4 atom stereocenters. The number of hydrogen-bond acceptors (Lipinski definition) is 5. The second-order valence-corrected chi connectivity index (χ2v) is 8.94. The smallest absolute Gasteiger partial charge is 0.258 e. The van der Waals surface area contributed by atoms with Gasteiger partial charge in [-0.3, -0.25) is 9.59 Å². The van der Waals surface area contributed by atoms with Gasteiger partial charge in [-0.1, -0.05) is 0 Å². The van der Waals surface area contributed by atoms with Crippen molar-refractivity contribution in [2.45, 2.75) is 50.4 Å². The van der Waals surface area contributed by atoms with Gasteiger partial charge in [0.1, 0.15) is 11.5 Å². The highest BCUT2D eigenvalue weighted by Crippen LogP contribution is 2.53. The van der Waals surface area contributed by atoms with E-state index in [1.54, 1.807) is 25.3 Å². The third kappa shape index (κ3) is 3.06. The molecule has 2 bridgehead atoms. The summed E-state index contributed by atoms with van der Waals surface area (Å²) >= 11 is 0. The number of ether oxygens (including phenoxy) is 2. The maximum absolute atomic E-state index is 13.2. The molecule has 1 aromatic rings. The number of carbonyl (C=O) groups excluding carboxylic acids is 2. The number of nitrogens with zero attached hydrogens (tertiary/aromatic N) is 1. The zero-order valence-electron chi connectivity index (χ0n) is 16.7. The van der Waals surface area contributed by atoms with Crippen LogP contribution >= 0.6 is 0 Å². The number of rotatable bonds is 2.